The van der Waals surface area contributed by atoms with E-state index >= 15 is 0 Å². The fraction of sp³-hybridized carbons (Fsp3) is 0.312. The van der Waals surface area contributed by atoms with Crippen LogP contribution in [0.1, 0.15) is 28.0 Å². The van der Waals surface area contributed by atoms with Gasteiger partial charge in [0.15, 0.2) is 0 Å². The molecule has 1 amide bonds. The molecule has 134 valence electrons. The number of hydrogen-bond acceptors (Lipinski definition) is 3. The second-order valence-corrected chi connectivity index (χ2v) is 5.53. The number of para-hydroxylation sites is 1. The van der Waals surface area contributed by atoms with E-state index in [1.807, 2.05) is 24.4 Å². The van der Waals surface area contributed by atoms with Crippen molar-refractivity contribution in [3.8, 4) is 5.69 Å². The molecule has 0 radical (unpaired) electrons. The van der Waals surface area contributed by atoms with Gasteiger partial charge in [-0.05, 0) is 25.5 Å². The Bertz CT molecular complexity index is 799. The number of aromatic nitrogens is 2. The van der Waals surface area contributed by atoms with E-state index in [1.165, 1.54) is 10.9 Å². The first-order valence-electron chi connectivity index (χ1n) is 7.31. The lowest BCUT2D eigenvalue weighted by atomic mass is 10.1. The highest BCUT2D eigenvalue weighted by molar-refractivity contribution is 5.97. The molecule has 0 aliphatic rings. The highest BCUT2D eigenvalue weighted by Crippen LogP contribution is 2.22. The molecule has 1 aromatic heterocycles. The number of hydrogen-bond donors (Lipinski definition) is 2. The van der Waals surface area contributed by atoms with Gasteiger partial charge in [0.1, 0.15) is 6.04 Å². The summed E-state index contributed by atoms with van der Waals surface area (Å²) < 4.78 is 38.8. The Labute approximate surface area is 141 Å². The lowest BCUT2D eigenvalue weighted by Gasteiger charge is -2.16. The maximum absolute atomic E-state index is 12.4. The van der Waals surface area contributed by atoms with E-state index in [2.05, 4.69) is 5.10 Å². The predicted molar refractivity (Wildman–Crippen MR) is 82.6 cm³/mol. The second kappa shape index (κ2) is 6.96. The smallest absolute Gasteiger partial charge is 0.391 e. The molecule has 9 heteroatoms. The molecular formula is C16H16F3N3O3. The van der Waals surface area contributed by atoms with Crippen molar-refractivity contribution in [2.75, 3.05) is 0 Å². The Hall–Kier alpha value is -2.84. The van der Waals surface area contributed by atoms with Crippen molar-refractivity contribution in [2.45, 2.75) is 32.5 Å². The number of rotatable bonds is 5. The van der Waals surface area contributed by atoms with Crippen LogP contribution in [0.2, 0.25) is 0 Å². The van der Waals surface area contributed by atoms with E-state index in [-0.39, 0.29) is 5.56 Å². The fourth-order valence-corrected chi connectivity index (χ4v) is 2.34. The summed E-state index contributed by atoms with van der Waals surface area (Å²) >= 11 is 0. The quantitative estimate of drug-likeness (QED) is 0.864. The minimum absolute atomic E-state index is 0.0108. The Morgan fingerprint density at radius 1 is 1.28 bits per heavy atom. The fourth-order valence-electron chi connectivity index (χ4n) is 2.34. The van der Waals surface area contributed by atoms with Crippen LogP contribution in [0, 0.1) is 13.8 Å². The zero-order valence-electron chi connectivity index (χ0n) is 13.5. The number of nitrogens with zero attached hydrogens (tertiary/aromatic N) is 2. The van der Waals surface area contributed by atoms with Crippen LogP contribution in [0.3, 0.4) is 0 Å². The van der Waals surface area contributed by atoms with Crippen molar-refractivity contribution < 1.29 is 27.9 Å². The Morgan fingerprint density at radius 2 is 1.92 bits per heavy atom. The van der Waals surface area contributed by atoms with Gasteiger partial charge in [-0.25, -0.2) is 9.48 Å². The van der Waals surface area contributed by atoms with Crippen molar-refractivity contribution in [3.63, 3.8) is 0 Å². The summed E-state index contributed by atoms with van der Waals surface area (Å²) in [4.78, 5) is 23.2. The van der Waals surface area contributed by atoms with Gasteiger partial charge in [-0.1, -0.05) is 18.2 Å². The third-order valence-electron chi connectivity index (χ3n) is 3.64. The van der Waals surface area contributed by atoms with Crippen LogP contribution in [-0.4, -0.2) is 39.0 Å². The molecule has 1 heterocycles. The number of carbonyl (C=O) groups excluding carboxylic acids is 1. The predicted octanol–water partition coefficient (Wildman–Crippen LogP) is 2.62. The lowest BCUT2D eigenvalue weighted by molar-refractivity contribution is -0.157. The zero-order chi connectivity index (χ0) is 18.8. The topological polar surface area (TPSA) is 84.2 Å². The van der Waals surface area contributed by atoms with Crippen molar-refractivity contribution in [1.29, 1.82) is 0 Å². The van der Waals surface area contributed by atoms with Crippen LogP contribution in [0.4, 0.5) is 13.2 Å². The van der Waals surface area contributed by atoms with Crippen molar-refractivity contribution >= 4 is 11.9 Å². The maximum Gasteiger partial charge on any atom is 0.391 e. The zero-order valence-corrected chi connectivity index (χ0v) is 13.5. The molecule has 25 heavy (non-hydrogen) atoms. The van der Waals surface area contributed by atoms with Gasteiger partial charge >= 0.3 is 12.1 Å². The minimum Gasteiger partial charge on any atom is -0.480 e. The molecule has 2 N–H and O–H groups in total. The molecule has 1 unspecified atom stereocenters. The summed E-state index contributed by atoms with van der Waals surface area (Å²) in [5.41, 5.74) is 2.00. The molecule has 6 nitrogen and oxygen atoms in total. The molecule has 0 fully saturated rings. The first-order valence-corrected chi connectivity index (χ1v) is 7.31. The molecule has 1 aromatic carbocycles. The number of amides is 1. The van der Waals surface area contributed by atoms with Gasteiger partial charge in [0, 0.05) is 0 Å². The maximum atomic E-state index is 12.4. The van der Waals surface area contributed by atoms with E-state index in [0.717, 1.165) is 5.56 Å². The van der Waals surface area contributed by atoms with E-state index in [1.54, 1.807) is 19.1 Å². The number of aliphatic carboxylic acids is 1. The second-order valence-electron chi connectivity index (χ2n) is 5.53. The molecule has 2 aromatic rings. The Balaban J connectivity index is 2.26. The van der Waals surface area contributed by atoms with Gasteiger partial charge in [0.2, 0.25) is 0 Å². The number of carbonyl (C=O) groups is 2. The molecule has 0 spiro atoms. The number of carboxylic acid groups (broad SMARTS) is 1. The number of alkyl halides is 3. The highest BCUT2D eigenvalue weighted by atomic mass is 19.4. The number of nitrogens with one attached hydrogen (secondary N) is 1. The van der Waals surface area contributed by atoms with Gasteiger partial charge in [0.05, 0.1) is 29.6 Å². The average molecular weight is 355 g/mol. The number of carboxylic acids is 1. The van der Waals surface area contributed by atoms with Crippen molar-refractivity contribution in [1.82, 2.24) is 15.1 Å². The van der Waals surface area contributed by atoms with Gasteiger partial charge in [0.25, 0.3) is 5.91 Å². The first-order chi connectivity index (χ1) is 11.6. The summed E-state index contributed by atoms with van der Waals surface area (Å²) in [6.07, 6.45) is -5.17. The van der Waals surface area contributed by atoms with Crippen molar-refractivity contribution in [3.05, 3.63) is 47.3 Å². The average Bonchev–Trinajstić information content (AvgIpc) is 2.87. The molecule has 0 bridgehead atoms. The first kappa shape index (κ1) is 18.5. The van der Waals surface area contributed by atoms with E-state index < -0.39 is 30.5 Å². The van der Waals surface area contributed by atoms with Crippen LogP contribution >= 0.6 is 0 Å². The largest absolute Gasteiger partial charge is 0.480 e. The number of halogens is 3. The van der Waals surface area contributed by atoms with Crippen LogP contribution in [0.15, 0.2) is 30.5 Å². The SMILES string of the molecule is Cc1ccccc1-n1ncc(C(=O)NC(CC(F)(F)F)C(=O)O)c1C. The number of benzene rings is 1. The molecular weight excluding hydrogens is 339 g/mol. The molecule has 2 rings (SSSR count). The standard InChI is InChI=1S/C16H16F3N3O3/c1-9-5-3-4-6-13(9)22-10(2)11(8-20-22)14(23)21-12(15(24)25)7-16(17,18)19/h3-6,8,12H,7H2,1-2H3,(H,21,23)(H,24,25). The van der Waals surface area contributed by atoms with Gasteiger partial charge < -0.3 is 10.4 Å². The van der Waals surface area contributed by atoms with Crippen LogP contribution in [0.5, 0.6) is 0 Å². The number of aryl methyl sites for hydroxylation is 1. The van der Waals surface area contributed by atoms with E-state index in [0.29, 0.717) is 11.4 Å². The molecule has 0 aliphatic heterocycles. The summed E-state index contributed by atoms with van der Waals surface area (Å²) in [5, 5.41) is 14.9. The molecule has 0 saturated heterocycles. The molecule has 0 aliphatic carbocycles. The highest BCUT2D eigenvalue weighted by Gasteiger charge is 2.36. The van der Waals surface area contributed by atoms with Gasteiger partial charge in [-0.15, -0.1) is 0 Å². The van der Waals surface area contributed by atoms with Gasteiger partial charge in [-0.3, -0.25) is 4.79 Å². The van der Waals surface area contributed by atoms with Crippen molar-refractivity contribution in [2.24, 2.45) is 0 Å². The van der Waals surface area contributed by atoms with E-state index in [9.17, 15) is 22.8 Å². The third-order valence-corrected chi connectivity index (χ3v) is 3.64. The minimum atomic E-state index is -4.71. The van der Waals surface area contributed by atoms with E-state index in [4.69, 9.17) is 5.11 Å². The third kappa shape index (κ3) is 4.37. The Kier molecular flexibility index (Phi) is 5.15. The summed E-state index contributed by atoms with van der Waals surface area (Å²) in [6, 6.07) is 5.18. The summed E-state index contributed by atoms with van der Waals surface area (Å²) in [7, 11) is 0. The normalized spacial score (nSPS) is 12.7. The Morgan fingerprint density at radius 3 is 2.48 bits per heavy atom. The molecule has 0 saturated carbocycles. The summed E-state index contributed by atoms with van der Waals surface area (Å²) in [6.45, 7) is 3.42. The van der Waals surface area contributed by atoms with Gasteiger partial charge in [-0.2, -0.15) is 18.3 Å². The monoisotopic (exact) mass is 355 g/mol. The van der Waals surface area contributed by atoms with Crippen LogP contribution < -0.4 is 5.32 Å². The lowest BCUT2D eigenvalue weighted by Crippen LogP contribution is -2.43. The summed E-state index contributed by atoms with van der Waals surface area (Å²) in [5.74, 6) is -2.68. The van der Waals surface area contributed by atoms with Crippen LogP contribution in [-0.2, 0) is 4.79 Å². The van der Waals surface area contributed by atoms with Crippen LogP contribution in [0.25, 0.3) is 5.69 Å². The molecule has 1 atom stereocenters.